The minimum Gasteiger partial charge on any atom is -0.497 e. The molecule has 0 aliphatic carbocycles. The first kappa shape index (κ1) is 20.7. The van der Waals surface area contributed by atoms with E-state index in [2.05, 4.69) is 20.6 Å². The summed E-state index contributed by atoms with van der Waals surface area (Å²) in [5, 5.41) is 6.30. The zero-order chi connectivity index (χ0) is 22.7. The number of urea groups is 1. The van der Waals surface area contributed by atoms with Gasteiger partial charge in [0.05, 0.1) is 19.9 Å². The molecule has 0 atom stereocenters. The van der Waals surface area contributed by atoms with Gasteiger partial charge in [0, 0.05) is 28.9 Å². The molecule has 4 rings (SSSR count). The lowest BCUT2D eigenvalue weighted by atomic mass is 10.0. The Morgan fingerprint density at radius 1 is 1.00 bits per heavy atom. The molecule has 4 aromatic rings. The van der Waals surface area contributed by atoms with E-state index in [1.165, 1.54) is 7.11 Å². The number of nitrogens with two attached hydrogens (primary N) is 1. The van der Waals surface area contributed by atoms with Gasteiger partial charge in [-0.15, -0.1) is 0 Å². The number of ether oxygens (including phenoxy) is 2. The second kappa shape index (κ2) is 8.68. The maximum Gasteiger partial charge on any atom is 0.323 e. The fourth-order valence-electron chi connectivity index (χ4n) is 3.42. The number of H-pyrrole nitrogens is 1. The summed E-state index contributed by atoms with van der Waals surface area (Å²) in [7, 11) is 3.06. The number of carbonyl (C=O) groups excluding carboxylic acids is 2. The van der Waals surface area contributed by atoms with Crippen molar-refractivity contribution in [3.63, 3.8) is 0 Å². The number of primary amides is 1. The highest BCUT2D eigenvalue weighted by Crippen LogP contribution is 2.32. The van der Waals surface area contributed by atoms with Gasteiger partial charge in [-0.3, -0.25) is 4.79 Å². The molecule has 9 nitrogen and oxygen atoms in total. The van der Waals surface area contributed by atoms with Gasteiger partial charge in [0.25, 0.3) is 5.91 Å². The summed E-state index contributed by atoms with van der Waals surface area (Å²) >= 11 is 0. The SMILES string of the molecule is COc1ccc(OC)c(NC(=O)Nc2ccc(-c3c(C(N)=O)[nH]c4ncccc34)cc2)c1. The Morgan fingerprint density at radius 3 is 2.47 bits per heavy atom. The number of rotatable bonds is 6. The molecule has 0 saturated carbocycles. The monoisotopic (exact) mass is 431 g/mol. The molecular formula is C23H21N5O4. The molecule has 0 bridgehead atoms. The lowest BCUT2D eigenvalue weighted by molar-refractivity contribution is 0.0997. The van der Waals surface area contributed by atoms with Gasteiger partial charge in [0.1, 0.15) is 22.8 Å². The van der Waals surface area contributed by atoms with Gasteiger partial charge < -0.3 is 30.8 Å². The van der Waals surface area contributed by atoms with E-state index in [1.807, 2.05) is 6.07 Å². The average molecular weight is 431 g/mol. The summed E-state index contributed by atoms with van der Waals surface area (Å²) in [5.41, 5.74) is 8.86. The molecule has 9 heteroatoms. The van der Waals surface area contributed by atoms with Gasteiger partial charge in [-0.05, 0) is 42.0 Å². The summed E-state index contributed by atoms with van der Waals surface area (Å²) in [6.45, 7) is 0. The number of aromatic amines is 1. The van der Waals surface area contributed by atoms with E-state index < -0.39 is 11.9 Å². The van der Waals surface area contributed by atoms with E-state index in [9.17, 15) is 9.59 Å². The predicted molar refractivity (Wildman–Crippen MR) is 122 cm³/mol. The van der Waals surface area contributed by atoms with Crippen molar-refractivity contribution in [2.45, 2.75) is 0 Å². The molecule has 5 N–H and O–H groups in total. The molecule has 2 aromatic carbocycles. The topological polar surface area (TPSA) is 131 Å². The maximum absolute atomic E-state index is 12.5. The quantitative estimate of drug-likeness (QED) is 0.367. The van der Waals surface area contributed by atoms with Crippen LogP contribution in [0.4, 0.5) is 16.2 Å². The number of amides is 3. The van der Waals surface area contributed by atoms with Crippen LogP contribution in [-0.2, 0) is 0 Å². The van der Waals surface area contributed by atoms with E-state index in [1.54, 1.807) is 61.8 Å². The number of benzene rings is 2. The fourth-order valence-corrected chi connectivity index (χ4v) is 3.42. The molecule has 0 spiro atoms. The fraction of sp³-hybridized carbons (Fsp3) is 0.0870. The Labute approximate surface area is 183 Å². The number of aromatic nitrogens is 2. The number of methoxy groups -OCH3 is 2. The van der Waals surface area contributed by atoms with Crippen LogP contribution in [0.3, 0.4) is 0 Å². The smallest absolute Gasteiger partial charge is 0.323 e. The van der Waals surface area contributed by atoms with E-state index in [0.29, 0.717) is 34.1 Å². The zero-order valence-electron chi connectivity index (χ0n) is 17.4. The third-order valence-corrected chi connectivity index (χ3v) is 4.90. The second-order valence-electron chi connectivity index (χ2n) is 6.86. The summed E-state index contributed by atoms with van der Waals surface area (Å²) in [4.78, 5) is 31.6. The molecule has 0 aliphatic heterocycles. The highest BCUT2D eigenvalue weighted by Gasteiger charge is 2.18. The van der Waals surface area contributed by atoms with Crippen LogP contribution in [0.5, 0.6) is 11.5 Å². The minimum absolute atomic E-state index is 0.280. The van der Waals surface area contributed by atoms with Crippen LogP contribution >= 0.6 is 0 Å². The van der Waals surface area contributed by atoms with Crippen LogP contribution < -0.4 is 25.8 Å². The number of hydrogen-bond donors (Lipinski definition) is 4. The van der Waals surface area contributed by atoms with Crippen molar-refractivity contribution in [1.82, 2.24) is 9.97 Å². The van der Waals surface area contributed by atoms with Crippen molar-refractivity contribution in [2.24, 2.45) is 5.73 Å². The van der Waals surface area contributed by atoms with E-state index >= 15 is 0 Å². The van der Waals surface area contributed by atoms with Crippen molar-refractivity contribution in [2.75, 3.05) is 24.9 Å². The summed E-state index contributed by atoms with van der Waals surface area (Å²) < 4.78 is 10.5. The first-order valence-corrected chi connectivity index (χ1v) is 9.67. The third kappa shape index (κ3) is 4.04. The van der Waals surface area contributed by atoms with Crippen LogP contribution in [-0.4, -0.2) is 36.1 Å². The molecule has 2 heterocycles. The van der Waals surface area contributed by atoms with Gasteiger partial charge in [0.2, 0.25) is 0 Å². The molecule has 0 aliphatic rings. The summed E-state index contributed by atoms with van der Waals surface area (Å²) in [6.07, 6.45) is 1.64. The Kier molecular flexibility index (Phi) is 5.63. The third-order valence-electron chi connectivity index (χ3n) is 4.90. The highest BCUT2D eigenvalue weighted by atomic mass is 16.5. The summed E-state index contributed by atoms with van der Waals surface area (Å²) in [5.74, 6) is 0.513. The predicted octanol–water partition coefficient (Wildman–Crippen LogP) is 3.99. The lowest BCUT2D eigenvalue weighted by Gasteiger charge is -2.13. The largest absolute Gasteiger partial charge is 0.497 e. The van der Waals surface area contributed by atoms with Crippen LogP contribution in [0.25, 0.3) is 22.2 Å². The Balaban J connectivity index is 1.56. The normalized spacial score (nSPS) is 10.6. The van der Waals surface area contributed by atoms with Gasteiger partial charge in [0.15, 0.2) is 0 Å². The second-order valence-corrected chi connectivity index (χ2v) is 6.86. The number of anilines is 2. The van der Waals surface area contributed by atoms with Crippen molar-refractivity contribution >= 4 is 34.3 Å². The molecule has 0 saturated heterocycles. The van der Waals surface area contributed by atoms with Gasteiger partial charge >= 0.3 is 6.03 Å². The van der Waals surface area contributed by atoms with E-state index in [4.69, 9.17) is 15.2 Å². The highest BCUT2D eigenvalue weighted by molar-refractivity contribution is 6.08. The lowest BCUT2D eigenvalue weighted by Crippen LogP contribution is -2.19. The van der Waals surface area contributed by atoms with E-state index in [0.717, 1.165) is 10.9 Å². The van der Waals surface area contributed by atoms with Gasteiger partial charge in [-0.25, -0.2) is 9.78 Å². The van der Waals surface area contributed by atoms with Gasteiger partial charge in [-0.2, -0.15) is 0 Å². The maximum atomic E-state index is 12.5. The molecular weight excluding hydrogens is 410 g/mol. The van der Waals surface area contributed by atoms with Crippen LogP contribution in [0.15, 0.2) is 60.8 Å². The molecule has 0 radical (unpaired) electrons. The standard InChI is InChI=1S/C23H21N5O4/c1-31-15-9-10-18(32-2)17(12-15)27-23(30)26-14-7-5-13(6-8-14)19-16-4-3-11-25-22(16)28-20(19)21(24)29/h3-12H,1-2H3,(H2,24,29)(H,25,28)(H2,26,27,30). The molecule has 2 aromatic heterocycles. The Hall–Kier alpha value is -4.53. The first-order chi connectivity index (χ1) is 15.5. The van der Waals surface area contributed by atoms with Crippen LogP contribution in [0.1, 0.15) is 10.5 Å². The van der Waals surface area contributed by atoms with E-state index in [-0.39, 0.29) is 5.69 Å². The number of hydrogen-bond acceptors (Lipinski definition) is 5. The van der Waals surface area contributed by atoms with Crippen molar-refractivity contribution in [3.8, 4) is 22.6 Å². The number of fused-ring (bicyclic) bond motifs is 1. The first-order valence-electron chi connectivity index (χ1n) is 9.67. The van der Waals surface area contributed by atoms with Crippen LogP contribution in [0, 0.1) is 0 Å². The molecule has 3 amide bonds. The molecule has 32 heavy (non-hydrogen) atoms. The van der Waals surface area contributed by atoms with Crippen LogP contribution in [0.2, 0.25) is 0 Å². The summed E-state index contributed by atoms with van der Waals surface area (Å²) in [6, 6.07) is 15.4. The number of carbonyl (C=O) groups is 2. The molecule has 162 valence electrons. The zero-order valence-corrected chi connectivity index (χ0v) is 17.4. The van der Waals surface area contributed by atoms with Crippen molar-refractivity contribution in [3.05, 3.63) is 66.5 Å². The Morgan fingerprint density at radius 2 is 1.78 bits per heavy atom. The average Bonchev–Trinajstić information content (AvgIpc) is 3.19. The van der Waals surface area contributed by atoms with Crippen molar-refractivity contribution < 1.29 is 19.1 Å². The molecule has 0 unspecified atom stereocenters. The molecule has 0 fully saturated rings. The number of nitrogens with one attached hydrogen (secondary N) is 3. The Bertz CT molecular complexity index is 1300. The van der Waals surface area contributed by atoms with Crippen molar-refractivity contribution in [1.29, 1.82) is 0 Å². The number of pyridine rings is 1. The minimum atomic E-state index is -0.577. The van der Waals surface area contributed by atoms with Gasteiger partial charge in [-0.1, -0.05) is 12.1 Å². The number of nitrogens with zero attached hydrogens (tertiary/aromatic N) is 1.